The molecule has 1 nitrogen and oxygen atoms in total. The third kappa shape index (κ3) is 1.86. The summed E-state index contributed by atoms with van der Waals surface area (Å²) in [5.41, 5.74) is 2.22. The molecule has 0 saturated carbocycles. The summed E-state index contributed by atoms with van der Waals surface area (Å²) in [4.78, 5) is 4.78. The highest BCUT2D eigenvalue weighted by molar-refractivity contribution is 9.10. The van der Waals surface area contributed by atoms with Crippen LogP contribution in [0.5, 0.6) is 0 Å². The molecule has 1 aromatic heterocycles. The normalized spacial score (nSPS) is 11.2. The van der Waals surface area contributed by atoms with Crippen molar-refractivity contribution in [2.24, 2.45) is 0 Å². The van der Waals surface area contributed by atoms with Gasteiger partial charge in [-0.1, -0.05) is 64.5 Å². The van der Waals surface area contributed by atoms with Gasteiger partial charge >= 0.3 is 0 Å². The third-order valence-electron chi connectivity index (χ3n) is 3.38. The SMILES string of the molecule is Brc1ccccc1-c1nc2ccc3ccccc3c2s1. The van der Waals surface area contributed by atoms with E-state index in [2.05, 4.69) is 64.5 Å². The van der Waals surface area contributed by atoms with Crippen LogP contribution in [0.15, 0.2) is 65.1 Å². The van der Waals surface area contributed by atoms with Crippen molar-refractivity contribution in [1.29, 1.82) is 0 Å². The second-order valence-corrected chi connectivity index (χ2v) is 6.49. The molecule has 0 aliphatic carbocycles. The molecule has 0 atom stereocenters. The Hall–Kier alpha value is -1.71. The fourth-order valence-electron chi connectivity index (χ4n) is 2.41. The first-order valence-electron chi connectivity index (χ1n) is 6.36. The quantitative estimate of drug-likeness (QED) is 0.422. The summed E-state index contributed by atoms with van der Waals surface area (Å²) in [6.07, 6.45) is 0. The Morgan fingerprint density at radius 1 is 0.850 bits per heavy atom. The van der Waals surface area contributed by atoms with Crippen LogP contribution in [0.3, 0.4) is 0 Å². The van der Waals surface area contributed by atoms with Gasteiger partial charge in [-0.2, -0.15) is 0 Å². The monoisotopic (exact) mass is 339 g/mol. The molecule has 1 heterocycles. The van der Waals surface area contributed by atoms with Gasteiger partial charge in [-0.3, -0.25) is 0 Å². The minimum Gasteiger partial charge on any atom is -0.236 e. The van der Waals surface area contributed by atoms with Crippen molar-refractivity contribution in [2.45, 2.75) is 0 Å². The van der Waals surface area contributed by atoms with E-state index in [4.69, 9.17) is 4.98 Å². The Morgan fingerprint density at radius 3 is 2.55 bits per heavy atom. The Kier molecular flexibility index (Phi) is 2.83. The van der Waals surface area contributed by atoms with Crippen LogP contribution in [0.4, 0.5) is 0 Å². The lowest BCUT2D eigenvalue weighted by Crippen LogP contribution is -1.77. The van der Waals surface area contributed by atoms with E-state index in [-0.39, 0.29) is 0 Å². The molecule has 0 radical (unpaired) electrons. The summed E-state index contributed by atoms with van der Waals surface area (Å²) in [7, 11) is 0. The van der Waals surface area contributed by atoms with Crippen LogP contribution in [0.2, 0.25) is 0 Å². The number of rotatable bonds is 1. The number of halogens is 1. The zero-order valence-electron chi connectivity index (χ0n) is 10.5. The third-order valence-corrected chi connectivity index (χ3v) is 5.21. The second kappa shape index (κ2) is 4.69. The molecule has 0 spiro atoms. The van der Waals surface area contributed by atoms with Gasteiger partial charge in [-0.05, 0) is 17.5 Å². The Bertz CT molecular complexity index is 926. The smallest absolute Gasteiger partial charge is 0.125 e. The molecule has 0 unspecified atom stereocenters. The van der Waals surface area contributed by atoms with E-state index in [1.807, 2.05) is 12.1 Å². The molecule has 0 fully saturated rings. The van der Waals surface area contributed by atoms with Gasteiger partial charge in [0, 0.05) is 15.4 Å². The van der Waals surface area contributed by atoms with Crippen LogP contribution in [-0.4, -0.2) is 4.98 Å². The van der Waals surface area contributed by atoms with Crippen molar-refractivity contribution in [1.82, 2.24) is 4.98 Å². The molecule has 0 aliphatic rings. The maximum absolute atomic E-state index is 4.78. The van der Waals surface area contributed by atoms with Crippen molar-refractivity contribution in [3.05, 3.63) is 65.1 Å². The zero-order valence-corrected chi connectivity index (χ0v) is 12.9. The minimum absolute atomic E-state index is 1.06. The highest BCUT2D eigenvalue weighted by Crippen LogP contribution is 2.37. The first kappa shape index (κ1) is 12.1. The molecule has 0 aliphatic heterocycles. The van der Waals surface area contributed by atoms with Crippen LogP contribution < -0.4 is 0 Å². The van der Waals surface area contributed by atoms with E-state index >= 15 is 0 Å². The summed E-state index contributed by atoms with van der Waals surface area (Å²) in [5, 5.41) is 3.60. The Morgan fingerprint density at radius 2 is 1.65 bits per heavy atom. The Labute approximate surface area is 129 Å². The van der Waals surface area contributed by atoms with E-state index in [1.165, 1.54) is 15.5 Å². The van der Waals surface area contributed by atoms with E-state index < -0.39 is 0 Å². The second-order valence-electron chi connectivity index (χ2n) is 4.63. The zero-order chi connectivity index (χ0) is 13.5. The predicted octanol–water partition coefficient (Wildman–Crippen LogP) is 5.88. The summed E-state index contributed by atoms with van der Waals surface area (Å²) < 4.78 is 2.34. The molecule has 0 N–H and O–H groups in total. The number of thiazole rings is 1. The number of aromatic nitrogens is 1. The number of hydrogen-bond donors (Lipinski definition) is 0. The molecular weight excluding hydrogens is 330 g/mol. The fraction of sp³-hybridized carbons (Fsp3) is 0. The molecule has 0 saturated heterocycles. The van der Waals surface area contributed by atoms with E-state index in [1.54, 1.807) is 11.3 Å². The van der Waals surface area contributed by atoms with Crippen LogP contribution in [-0.2, 0) is 0 Å². The van der Waals surface area contributed by atoms with Crippen molar-refractivity contribution in [2.75, 3.05) is 0 Å². The topological polar surface area (TPSA) is 12.9 Å². The summed E-state index contributed by atoms with van der Waals surface area (Å²) in [6, 6.07) is 20.9. The maximum atomic E-state index is 4.78. The lowest BCUT2D eigenvalue weighted by molar-refractivity contribution is 1.47. The standard InChI is InChI=1S/C17H10BrNS/c18-14-8-4-3-7-13(14)17-19-15-10-9-11-5-1-2-6-12(11)16(15)20-17/h1-10H. The maximum Gasteiger partial charge on any atom is 0.125 e. The van der Waals surface area contributed by atoms with E-state index in [0.717, 1.165) is 20.6 Å². The summed E-state index contributed by atoms with van der Waals surface area (Å²) in [6.45, 7) is 0. The highest BCUT2D eigenvalue weighted by atomic mass is 79.9. The number of hydrogen-bond acceptors (Lipinski definition) is 2. The fourth-order valence-corrected chi connectivity index (χ4v) is 4.15. The molecule has 20 heavy (non-hydrogen) atoms. The lowest BCUT2D eigenvalue weighted by atomic mass is 10.1. The van der Waals surface area contributed by atoms with Gasteiger partial charge < -0.3 is 0 Å². The van der Waals surface area contributed by atoms with E-state index in [9.17, 15) is 0 Å². The molecule has 0 bridgehead atoms. The molecule has 4 aromatic rings. The van der Waals surface area contributed by atoms with Crippen molar-refractivity contribution in [3.8, 4) is 10.6 Å². The van der Waals surface area contributed by atoms with Crippen LogP contribution >= 0.6 is 27.3 Å². The number of benzene rings is 3. The van der Waals surface area contributed by atoms with Gasteiger partial charge in [0.05, 0.1) is 10.2 Å². The first-order chi connectivity index (χ1) is 9.83. The molecule has 4 rings (SSSR count). The van der Waals surface area contributed by atoms with Crippen LogP contribution in [0.25, 0.3) is 31.6 Å². The molecule has 3 heteroatoms. The summed E-state index contributed by atoms with van der Waals surface area (Å²) >= 11 is 5.36. The van der Waals surface area contributed by atoms with Crippen molar-refractivity contribution in [3.63, 3.8) is 0 Å². The lowest BCUT2D eigenvalue weighted by Gasteiger charge is -1.98. The van der Waals surface area contributed by atoms with Gasteiger partial charge in [0.25, 0.3) is 0 Å². The molecular formula is C17H10BrNS. The molecule has 96 valence electrons. The van der Waals surface area contributed by atoms with Crippen molar-refractivity contribution < 1.29 is 0 Å². The van der Waals surface area contributed by atoms with Gasteiger partial charge in [0.2, 0.25) is 0 Å². The predicted molar refractivity (Wildman–Crippen MR) is 90.3 cm³/mol. The van der Waals surface area contributed by atoms with Gasteiger partial charge in [0.15, 0.2) is 0 Å². The first-order valence-corrected chi connectivity index (χ1v) is 7.97. The largest absolute Gasteiger partial charge is 0.236 e. The Balaban J connectivity index is 2.04. The van der Waals surface area contributed by atoms with Crippen LogP contribution in [0.1, 0.15) is 0 Å². The molecule has 3 aromatic carbocycles. The molecule has 0 amide bonds. The minimum atomic E-state index is 1.06. The van der Waals surface area contributed by atoms with Gasteiger partial charge in [-0.25, -0.2) is 4.98 Å². The van der Waals surface area contributed by atoms with Gasteiger partial charge in [-0.15, -0.1) is 11.3 Å². The number of nitrogens with zero attached hydrogens (tertiary/aromatic N) is 1. The average molecular weight is 340 g/mol. The summed E-state index contributed by atoms with van der Waals surface area (Å²) in [5.74, 6) is 0. The van der Waals surface area contributed by atoms with E-state index in [0.29, 0.717) is 0 Å². The van der Waals surface area contributed by atoms with Gasteiger partial charge in [0.1, 0.15) is 5.01 Å². The van der Waals surface area contributed by atoms with Crippen LogP contribution in [0, 0.1) is 0 Å². The highest BCUT2D eigenvalue weighted by Gasteiger charge is 2.10. The number of fused-ring (bicyclic) bond motifs is 3. The average Bonchev–Trinajstić information content (AvgIpc) is 2.92. The van der Waals surface area contributed by atoms with Crippen molar-refractivity contribution >= 4 is 48.3 Å².